The molecule has 0 unspecified atom stereocenters. The van der Waals surface area contributed by atoms with Crippen LogP contribution in [0.25, 0.3) is 0 Å². The van der Waals surface area contributed by atoms with Crippen LogP contribution in [-0.2, 0) is 6.54 Å². The summed E-state index contributed by atoms with van der Waals surface area (Å²) >= 11 is 0. The molecular formula is C19H21N3O4. The molecule has 26 heavy (non-hydrogen) atoms. The number of nitrogens with zero attached hydrogens (tertiary/aromatic N) is 2. The van der Waals surface area contributed by atoms with E-state index in [9.17, 15) is 9.59 Å². The van der Waals surface area contributed by atoms with E-state index in [0.29, 0.717) is 12.3 Å². The van der Waals surface area contributed by atoms with Crippen molar-refractivity contribution >= 4 is 11.9 Å². The first-order valence-corrected chi connectivity index (χ1v) is 8.24. The summed E-state index contributed by atoms with van der Waals surface area (Å²) in [5.74, 6) is -0.0810. The highest BCUT2D eigenvalue weighted by Gasteiger charge is 2.31. The second-order valence-electron chi connectivity index (χ2n) is 6.31. The van der Waals surface area contributed by atoms with Gasteiger partial charge in [-0.3, -0.25) is 10.0 Å². The first-order valence-electron chi connectivity index (χ1n) is 8.24. The molecule has 0 radical (unpaired) electrons. The lowest BCUT2D eigenvalue weighted by molar-refractivity contribution is 0.0706. The van der Waals surface area contributed by atoms with Crippen molar-refractivity contribution in [2.45, 2.75) is 12.6 Å². The maximum absolute atomic E-state index is 12.8. The number of rotatable bonds is 2. The van der Waals surface area contributed by atoms with Gasteiger partial charge in [0.2, 0.25) is 0 Å². The zero-order valence-electron chi connectivity index (χ0n) is 14.7. The van der Waals surface area contributed by atoms with E-state index in [-0.39, 0.29) is 24.2 Å². The molecule has 3 amide bonds. The number of carbonyl (C=O) groups excluding carboxylic acids is 2. The van der Waals surface area contributed by atoms with Crippen molar-refractivity contribution in [1.82, 2.24) is 15.3 Å². The molecule has 7 nitrogen and oxygen atoms in total. The third kappa shape index (κ3) is 3.48. The van der Waals surface area contributed by atoms with Crippen molar-refractivity contribution in [3.63, 3.8) is 0 Å². The van der Waals surface area contributed by atoms with Crippen molar-refractivity contribution in [2.75, 3.05) is 20.7 Å². The average molecular weight is 355 g/mol. The van der Waals surface area contributed by atoms with E-state index in [2.05, 4.69) is 0 Å². The van der Waals surface area contributed by atoms with Crippen LogP contribution in [0, 0.1) is 0 Å². The van der Waals surface area contributed by atoms with E-state index < -0.39 is 5.91 Å². The molecule has 0 bridgehead atoms. The van der Waals surface area contributed by atoms with E-state index in [4.69, 9.17) is 9.94 Å². The molecule has 0 aliphatic carbocycles. The van der Waals surface area contributed by atoms with Gasteiger partial charge in [-0.05, 0) is 17.7 Å². The maximum atomic E-state index is 12.8. The summed E-state index contributed by atoms with van der Waals surface area (Å²) in [7, 11) is 3.43. The number of benzene rings is 2. The van der Waals surface area contributed by atoms with Crippen molar-refractivity contribution in [3.8, 4) is 5.75 Å². The summed E-state index contributed by atoms with van der Waals surface area (Å²) in [6.07, 6.45) is 0. The standard InChI is InChI=1S/C19H21N3O4/c1-21(2)19(24)22-11-15-9-8-14(18(23)20-25)10-17(15)26-12-16(22)13-6-4-3-5-7-13/h3-10,16,25H,11-12H2,1-2H3,(H,20,23)/t16-/m1/s1. The highest BCUT2D eigenvalue weighted by atomic mass is 16.5. The van der Waals surface area contributed by atoms with E-state index >= 15 is 0 Å². The summed E-state index contributed by atoms with van der Waals surface area (Å²) in [6, 6.07) is 14.2. The van der Waals surface area contributed by atoms with Crippen LogP contribution >= 0.6 is 0 Å². The number of hydroxylamine groups is 1. The zero-order chi connectivity index (χ0) is 18.7. The molecule has 0 spiro atoms. The van der Waals surface area contributed by atoms with Gasteiger partial charge in [0.1, 0.15) is 12.4 Å². The van der Waals surface area contributed by atoms with E-state index in [0.717, 1.165) is 11.1 Å². The Kier molecular flexibility index (Phi) is 5.09. The Morgan fingerprint density at radius 3 is 2.58 bits per heavy atom. The van der Waals surface area contributed by atoms with Gasteiger partial charge in [0.05, 0.1) is 12.6 Å². The molecule has 3 rings (SSSR count). The van der Waals surface area contributed by atoms with Gasteiger partial charge >= 0.3 is 6.03 Å². The second-order valence-corrected chi connectivity index (χ2v) is 6.31. The lowest BCUT2D eigenvalue weighted by atomic mass is 10.1. The van der Waals surface area contributed by atoms with E-state index in [1.165, 1.54) is 4.90 Å². The monoisotopic (exact) mass is 355 g/mol. The minimum absolute atomic E-state index is 0.118. The number of nitrogens with one attached hydrogen (secondary N) is 1. The third-order valence-electron chi connectivity index (χ3n) is 4.36. The molecule has 1 aliphatic rings. The Hall–Kier alpha value is -3.06. The van der Waals surface area contributed by atoms with Crippen molar-refractivity contribution < 1.29 is 19.5 Å². The topological polar surface area (TPSA) is 82.1 Å². The molecular weight excluding hydrogens is 334 g/mol. The van der Waals surface area contributed by atoms with E-state index in [1.807, 2.05) is 30.3 Å². The Bertz CT molecular complexity index is 808. The van der Waals surface area contributed by atoms with Crippen molar-refractivity contribution in [1.29, 1.82) is 0 Å². The molecule has 0 saturated heterocycles. The van der Waals surface area contributed by atoms with Gasteiger partial charge < -0.3 is 14.5 Å². The fraction of sp³-hybridized carbons (Fsp3) is 0.263. The number of carbonyl (C=O) groups is 2. The summed E-state index contributed by atoms with van der Waals surface area (Å²) < 4.78 is 5.94. The molecule has 2 aromatic rings. The number of urea groups is 1. The fourth-order valence-corrected chi connectivity index (χ4v) is 2.99. The van der Waals surface area contributed by atoms with Gasteiger partial charge in [-0.2, -0.15) is 0 Å². The van der Waals surface area contributed by atoms with Crippen LogP contribution in [0.5, 0.6) is 5.75 Å². The maximum Gasteiger partial charge on any atom is 0.320 e. The van der Waals surface area contributed by atoms with Crippen LogP contribution in [0.3, 0.4) is 0 Å². The fourth-order valence-electron chi connectivity index (χ4n) is 2.99. The first-order chi connectivity index (χ1) is 12.5. The number of hydrogen-bond acceptors (Lipinski definition) is 4. The Morgan fingerprint density at radius 2 is 1.92 bits per heavy atom. The molecule has 1 atom stereocenters. The van der Waals surface area contributed by atoms with Crippen LogP contribution in [0.4, 0.5) is 4.79 Å². The molecule has 0 fully saturated rings. The van der Waals surface area contributed by atoms with Gasteiger partial charge in [0.25, 0.3) is 5.91 Å². The molecule has 0 saturated carbocycles. The van der Waals surface area contributed by atoms with Crippen LogP contribution in [0.15, 0.2) is 48.5 Å². The summed E-state index contributed by atoms with van der Waals surface area (Å²) in [5, 5.41) is 8.82. The quantitative estimate of drug-likeness (QED) is 0.640. The predicted molar refractivity (Wildman–Crippen MR) is 95.0 cm³/mol. The zero-order valence-corrected chi connectivity index (χ0v) is 14.7. The molecule has 0 aromatic heterocycles. The SMILES string of the molecule is CN(C)C(=O)N1Cc2ccc(C(=O)NO)cc2OC[C@@H]1c1ccccc1. The molecule has 7 heteroatoms. The van der Waals surface area contributed by atoms with Crippen LogP contribution in [0.2, 0.25) is 0 Å². The first kappa shape index (κ1) is 17.8. The minimum atomic E-state index is -0.610. The Labute approximate surface area is 151 Å². The van der Waals surface area contributed by atoms with Gasteiger partial charge in [0, 0.05) is 25.2 Å². The summed E-state index contributed by atoms with van der Waals surface area (Å²) in [4.78, 5) is 27.7. The number of ether oxygens (including phenoxy) is 1. The van der Waals surface area contributed by atoms with Gasteiger partial charge in [-0.25, -0.2) is 10.3 Å². The minimum Gasteiger partial charge on any atom is -0.491 e. The van der Waals surface area contributed by atoms with Crippen molar-refractivity contribution in [3.05, 3.63) is 65.2 Å². The van der Waals surface area contributed by atoms with Crippen LogP contribution in [0.1, 0.15) is 27.5 Å². The largest absolute Gasteiger partial charge is 0.491 e. The van der Waals surface area contributed by atoms with E-state index in [1.54, 1.807) is 42.7 Å². The molecule has 136 valence electrons. The number of fused-ring (bicyclic) bond motifs is 1. The van der Waals surface area contributed by atoms with Gasteiger partial charge in [-0.15, -0.1) is 0 Å². The average Bonchev–Trinajstić information content (AvgIpc) is 2.86. The lowest BCUT2D eigenvalue weighted by Crippen LogP contribution is -2.42. The highest BCUT2D eigenvalue weighted by Crippen LogP contribution is 2.32. The summed E-state index contributed by atoms with van der Waals surface area (Å²) in [6.45, 7) is 0.619. The Balaban J connectivity index is 1.99. The molecule has 2 aromatic carbocycles. The Morgan fingerprint density at radius 1 is 1.19 bits per heavy atom. The van der Waals surface area contributed by atoms with Gasteiger partial charge in [0.15, 0.2) is 0 Å². The number of amides is 3. The predicted octanol–water partition coefficient (Wildman–Crippen LogP) is 2.42. The van der Waals surface area contributed by atoms with Crippen LogP contribution < -0.4 is 10.2 Å². The van der Waals surface area contributed by atoms with Crippen molar-refractivity contribution in [2.24, 2.45) is 0 Å². The molecule has 1 aliphatic heterocycles. The second kappa shape index (κ2) is 7.45. The van der Waals surface area contributed by atoms with Crippen LogP contribution in [-0.4, -0.2) is 47.6 Å². The number of hydrogen-bond donors (Lipinski definition) is 2. The normalized spacial score (nSPS) is 16.1. The molecule has 1 heterocycles. The highest BCUT2D eigenvalue weighted by molar-refractivity contribution is 5.93. The molecule has 2 N–H and O–H groups in total. The summed E-state index contributed by atoms with van der Waals surface area (Å²) in [5.41, 5.74) is 3.68. The smallest absolute Gasteiger partial charge is 0.320 e. The van der Waals surface area contributed by atoms with Gasteiger partial charge in [-0.1, -0.05) is 36.4 Å². The third-order valence-corrected chi connectivity index (χ3v) is 4.36. The lowest BCUT2D eigenvalue weighted by Gasteiger charge is -2.31.